The summed E-state index contributed by atoms with van der Waals surface area (Å²) in [7, 11) is 0. The standard InChI is InChI=1S/C11H18ClN5O2/c12-9-13-10(16-3-1-2-4-16)15-11(14-9)17(5-7-18)6-8-19/h18-19H,1-8H2. The van der Waals surface area contributed by atoms with Gasteiger partial charge in [-0.15, -0.1) is 0 Å². The van der Waals surface area contributed by atoms with Crippen molar-refractivity contribution < 1.29 is 10.2 Å². The Morgan fingerprint density at radius 1 is 1.05 bits per heavy atom. The summed E-state index contributed by atoms with van der Waals surface area (Å²) in [5.74, 6) is 0.957. The summed E-state index contributed by atoms with van der Waals surface area (Å²) in [5, 5.41) is 18.2. The van der Waals surface area contributed by atoms with E-state index in [4.69, 9.17) is 21.8 Å². The van der Waals surface area contributed by atoms with Crippen molar-refractivity contribution in [2.45, 2.75) is 12.8 Å². The van der Waals surface area contributed by atoms with Crippen molar-refractivity contribution in [3.63, 3.8) is 0 Å². The molecule has 19 heavy (non-hydrogen) atoms. The van der Waals surface area contributed by atoms with Crippen molar-refractivity contribution in [1.82, 2.24) is 15.0 Å². The summed E-state index contributed by atoms with van der Waals surface area (Å²) in [4.78, 5) is 16.3. The van der Waals surface area contributed by atoms with Gasteiger partial charge in [0, 0.05) is 26.2 Å². The second-order valence-corrected chi connectivity index (χ2v) is 4.67. The van der Waals surface area contributed by atoms with Gasteiger partial charge in [-0.3, -0.25) is 0 Å². The Kier molecular flexibility index (Phi) is 5.12. The van der Waals surface area contributed by atoms with E-state index in [1.54, 1.807) is 4.90 Å². The zero-order valence-corrected chi connectivity index (χ0v) is 11.4. The molecular formula is C11H18ClN5O2. The van der Waals surface area contributed by atoms with E-state index in [1.165, 1.54) is 0 Å². The third-order valence-corrected chi connectivity index (χ3v) is 3.17. The second kappa shape index (κ2) is 6.83. The van der Waals surface area contributed by atoms with Gasteiger partial charge in [0.15, 0.2) is 0 Å². The molecule has 0 bridgehead atoms. The number of hydrogen-bond acceptors (Lipinski definition) is 7. The predicted octanol–water partition coefficient (Wildman–Crippen LogP) is -0.0838. The number of aliphatic hydroxyl groups excluding tert-OH is 2. The van der Waals surface area contributed by atoms with Crippen LogP contribution in [-0.2, 0) is 0 Å². The Bertz CT molecular complexity index is 408. The minimum atomic E-state index is -0.0393. The highest BCUT2D eigenvalue weighted by Crippen LogP contribution is 2.20. The van der Waals surface area contributed by atoms with Crippen LogP contribution in [-0.4, -0.2) is 64.6 Å². The summed E-state index contributed by atoms with van der Waals surface area (Å²) >= 11 is 5.93. The van der Waals surface area contributed by atoms with Crippen molar-refractivity contribution in [2.75, 3.05) is 49.2 Å². The van der Waals surface area contributed by atoms with E-state index in [0.29, 0.717) is 25.0 Å². The lowest BCUT2D eigenvalue weighted by atomic mass is 10.4. The highest BCUT2D eigenvalue weighted by molar-refractivity contribution is 6.28. The van der Waals surface area contributed by atoms with Gasteiger partial charge in [0.2, 0.25) is 17.2 Å². The first-order valence-electron chi connectivity index (χ1n) is 6.38. The number of rotatable bonds is 6. The molecule has 7 nitrogen and oxygen atoms in total. The molecule has 0 unspecified atom stereocenters. The van der Waals surface area contributed by atoms with Crippen LogP contribution in [0.3, 0.4) is 0 Å². The van der Waals surface area contributed by atoms with Crippen LogP contribution in [0.2, 0.25) is 5.28 Å². The molecule has 2 rings (SSSR count). The number of anilines is 2. The van der Waals surface area contributed by atoms with E-state index in [-0.39, 0.29) is 18.5 Å². The summed E-state index contributed by atoms with van der Waals surface area (Å²) in [6, 6.07) is 0. The molecule has 1 fully saturated rings. The van der Waals surface area contributed by atoms with Gasteiger partial charge in [-0.2, -0.15) is 15.0 Å². The quantitative estimate of drug-likeness (QED) is 0.756. The van der Waals surface area contributed by atoms with Crippen molar-refractivity contribution >= 4 is 23.5 Å². The lowest BCUT2D eigenvalue weighted by molar-refractivity contribution is 0.280. The van der Waals surface area contributed by atoms with Crippen molar-refractivity contribution in [2.24, 2.45) is 0 Å². The van der Waals surface area contributed by atoms with E-state index in [9.17, 15) is 0 Å². The molecule has 106 valence electrons. The molecule has 0 aliphatic carbocycles. The number of aromatic nitrogens is 3. The van der Waals surface area contributed by atoms with E-state index < -0.39 is 0 Å². The topological polar surface area (TPSA) is 85.6 Å². The average molecular weight is 288 g/mol. The maximum absolute atomic E-state index is 9.04. The van der Waals surface area contributed by atoms with Gasteiger partial charge in [0.05, 0.1) is 13.2 Å². The Hall–Kier alpha value is -1.18. The zero-order valence-electron chi connectivity index (χ0n) is 10.7. The summed E-state index contributed by atoms with van der Waals surface area (Å²) < 4.78 is 0. The third kappa shape index (κ3) is 3.65. The fourth-order valence-corrected chi connectivity index (χ4v) is 2.23. The van der Waals surface area contributed by atoms with Gasteiger partial charge in [-0.05, 0) is 24.4 Å². The molecular weight excluding hydrogens is 270 g/mol. The molecule has 2 heterocycles. The zero-order chi connectivity index (χ0) is 13.7. The molecule has 1 aromatic rings. The fraction of sp³-hybridized carbons (Fsp3) is 0.727. The Morgan fingerprint density at radius 3 is 2.26 bits per heavy atom. The molecule has 1 aliphatic heterocycles. The molecule has 1 aliphatic rings. The van der Waals surface area contributed by atoms with Crippen LogP contribution in [0, 0.1) is 0 Å². The molecule has 0 amide bonds. The van der Waals surface area contributed by atoms with E-state index >= 15 is 0 Å². The maximum atomic E-state index is 9.04. The third-order valence-electron chi connectivity index (χ3n) is 3.00. The van der Waals surface area contributed by atoms with E-state index in [2.05, 4.69) is 19.9 Å². The van der Waals surface area contributed by atoms with Crippen LogP contribution in [0.1, 0.15) is 12.8 Å². The van der Waals surface area contributed by atoms with Gasteiger partial charge < -0.3 is 20.0 Å². The molecule has 0 atom stereocenters. The number of halogens is 1. The first-order chi connectivity index (χ1) is 9.24. The van der Waals surface area contributed by atoms with E-state index in [1.807, 2.05) is 0 Å². The molecule has 0 spiro atoms. The van der Waals surface area contributed by atoms with Crippen LogP contribution in [0.5, 0.6) is 0 Å². The summed E-state index contributed by atoms with van der Waals surface area (Å²) in [6.07, 6.45) is 2.24. The van der Waals surface area contributed by atoms with Gasteiger partial charge in [-0.25, -0.2) is 0 Å². The van der Waals surface area contributed by atoms with Crippen LogP contribution < -0.4 is 9.80 Å². The molecule has 1 saturated heterocycles. The number of aliphatic hydroxyl groups is 2. The average Bonchev–Trinajstić information content (AvgIpc) is 2.91. The number of nitrogens with zero attached hydrogens (tertiary/aromatic N) is 5. The van der Waals surface area contributed by atoms with Gasteiger partial charge in [-0.1, -0.05) is 0 Å². The molecule has 0 saturated carbocycles. The molecule has 0 radical (unpaired) electrons. The van der Waals surface area contributed by atoms with Crippen LogP contribution in [0.4, 0.5) is 11.9 Å². The monoisotopic (exact) mass is 287 g/mol. The van der Waals surface area contributed by atoms with Crippen molar-refractivity contribution in [1.29, 1.82) is 0 Å². The first kappa shape index (κ1) is 14.2. The Morgan fingerprint density at radius 2 is 1.68 bits per heavy atom. The second-order valence-electron chi connectivity index (χ2n) is 4.33. The van der Waals surface area contributed by atoms with Crippen molar-refractivity contribution in [3.8, 4) is 0 Å². The Labute approximate surface area is 116 Å². The van der Waals surface area contributed by atoms with Gasteiger partial charge in [0.1, 0.15) is 0 Å². The number of hydrogen-bond donors (Lipinski definition) is 2. The van der Waals surface area contributed by atoms with Crippen LogP contribution >= 0.6 is 11.6 Å². The minimum absolute atomic E-state index is 0.0393. The van der Waals surface area contributed by atoms with Gasteiger partial charge >= 0.3 is 0 Å². The SMILES string of the molecule is OCCN(CCO)c1nc(Cl)nc(N2CCCC2)n1. The van der Waals surface area contributed by atoms with Crippen molar-refractivity contribution in [3.05, 3.63) is 5.28 Å². The van der Waals surface area contributed by atoms with E-state index in [0.717, 1.165) is 25.9 Å². The lowest BCUT2D eigenvalue weighted by Gasteiger charge is -2.22. The minimum Gasteiger partial charge on any atom is -0.395 e. The van der Waals surface area contributed by atoms with Gasteiger partial charge in [0.25, 0.3) is 0 Å². The van der Waals surface area contributed by atoms with Crippen LogP contribution in [0.15, 0.2) is 0 Å². The highest BCUT2D eigenvalue weighted by Gasteiger charge is 2.19. The maximum Gasteiger partial charge on any atom is 0.231 e. The molecule has 0 aromatic carbocycles. The first-order valence-corrected chi connectivity index (χ1v) is 6.75. The summed E-state index contributed by atoms with van der Waals surface area (Å²) in [5.41, 5.74) is 0. The highest BCUT2D eigenvalue weighted by atomic mass is 35.5. The largest absolute Gasteiger partial charge is 0.395 e. The lowest BCUT2D eigenvalue weighted by Crippen LogP contribution is -2.32. The molecule has 1 aromatic heterocycles. The Balaban J connectivity index is 2.23. The predicted molar refractivity (Wildman–Crippen MR) is 72.7 cm³/mol. The normalized spacial score (nSPS) is 15.0. The fourth-order valence-electron chi connectivity index (χ4n) is 2.08. The smallest absolute Gasteiger partial charge is 0.231 e. The van der Waals surface area contributed by atoms with Crippen LogP contribution in [0.25, 0.3) is 0 Å². The molecule has 8 heteroatoms. The molecule has 2 N–H and O–H groups in total. The summed E-state index contributed by atoms with van der Waals surface area (Å²) in [6.45, 7) is 2.45.